The maximum Gasteiger partial charge on any atom is 0.0797 e. The van der Waals surface area contributed by atoms with E-state index in [1.165, 1.54) is 25.0 Å². The normalized spacial score (nSPS) is 18.3. The number of rotatable bonds is 3. The fourth-order valence-electron chi connectivity index (χ4n) is 1.12. The maximum absolute atomic E-state index is 5.26. The second kappa shape index (κ2) is 4.39. The largest absolute Gasteiger partial charge is 0.274 e. The van der Waals surface area contributed by atoms with E-state index in [0.717, 1.165) is 6.42 Å². The van der Waals surface area contributed by atoms with Gasteiger partial charge in [-0.1, -0.05) is 6.08 Å². The van der Waals surface area contributed by atoms with Crippen LogP contribution < -0.4 is 5.48 Å². The summed E-state index contributed by atoms with van der Waals surface area (Å²) in [6.45, 7) is 4.05. The van der Waals surface area contributed by atoms with Gasteiger partial charge in [-0.15, -0.1) is 0 Å². The zero-order chi connectivity index (χ0) is 8.10. The van der Waals surface area contributed by atoms with Gasteiger partial charge < -0.3 is 0 Å². The second-order valence-corrected chi connectivity index (χ2v) is 3.24. The van der Waals surface area contributed by atoms with Gasteiger partial charge in [-0.25, -0.2) is 0 Å². The van der Waals surface area contributed by atoms with Gasteiger partial charge in [0.25, 0.3) is 0 Å². The molecule has 2 nitrogen and oxygen atoms in total. The first kappa shape index (κ1) is 8.60. The Kier molecular flexibility index (Phi) is 3.43. The highest BCUT2D eigenvalue weighted by atomic mass is 16.7. The van der Waals surface area contributed by atoms with Gasteiger partial charge in [-0.3, -0.25) is 10.3 Å². The molecular formula is C9H17NO. The first-order valence-corrected chi connectivity index (χ1v) is 4.40. The van der Waals surface area contributed by atoms with Crippen LogP contribution in [0.5, 0.6) is 0 Å². The Hall–Kier alpha value is -0.500. The lowest BCUT2D eigenvalue weighted by molar-refractivity contribution is 0.0111. The van der Waals surface area contributed by atoms with E-state index in [1.807, 2.05) is 13.8 Å². The molecule has 0 aliphatic heterocycles. The molecule has 0 radical (unpaired) electrons. The average molecular weight is 155 g/mol. The van der Waals surface area contributed by atoms with Crippen molar-refractivity contribution in [1.29, 1.82) is 0 Å². The first-order chi connectivity index (χ1) is 5.29. The van der Waals surface area contributed by atoms with Crippen LogP contribution in [0, 0.1) is 0 Å². The lowest BCUT2D eigenvalue weighted by atomic mass is 10.1. The molecule has 0 atom stereocenters. The van der Waals surface area contributed by atoms with E-state index in [1.54, 1.807) is 0 Å². The maximum atomic E-state index is 5.26. The average Bonchev–Trinajstić information content (AvgIpc) is 2.03. The quantitative estimate of drug-likeness (QED) is 0.632. The van der Waals surface area contributed by atoms with Crippen LogP contribution >= 0.6 is 0 Å². The lowest BCUT2D eigenvalue weighted by Crippen LogP contribution is -2.20. The molecule has 0 saturated carbocycles. The summed E-state index contributed by atoms with van der Waals surface area (Å²) in [6, 6.07) is 0. The minimum absolute atomic E-state index is 0.262. The molecule has 0 fully saturated rings. The topological polar surface area (TPSA) is 21.3 Å². The highest BCUT2D eigenvalue weighted by Gasteiger charge is 2.02. The molecule has 0 bridgehead atoms. The molecular weight excluding hydrogens is 138 g/mol. The zero-order valence-electron chi connectivity index (χ0n) is 7.39. The van der Waals surface area contributed by atoms with Crippen molar-refractivity contribution in [2.75, 3.05) is 0 Å². The Morgan fingerprint density at radius 2 is 2.27 bits per heavy atom. The van der Waals surface area contributed by atoms with Crippen LogP contribution in [0.1, 0.15) is 39.5 Å². The SMILES string of the molecule is CC(C)ONC1=CCCCC1. The Labute approximate surface area is 68.6 Å². The van der Waals surface area contributed by atoms with E-state index in [4.69, 9.17) is 4.84 Å². The molecule has 0 spiro atoms. The minimum Gasteiger partial charge on any atom is -0.274 e. The highest BCUT2D eigenvalue weighted by molar-refractivity contribution is 5.00. The van der Waals surface area contributed by atoms with Crippen molar-refractivity contribution in [3.05, 3.63) is 11.8 Å². The monoisotopic (exact) mass is 155 g/mol. The van der Waals surface area contributed by atoms with E-state index >= 15 is 0 Å². The molecule has 1 N–H and O–H groups in total. The summed E-state index contributed by atoms with van der Waals surface area (Å²) < 4.78 is 0. The molecule has 0 aromatic heterocycles. The summed E-state index contributed by atoms with van der Waals surface area (Å²) in [7, 11) is 0. The minimum atomic E-state index is 0.262. The van der Waals surface area contributed by atoms with Crippen LogP contribution in [0.4, 0.5) is 0 Å². The first-order valence-electron chi connectivity index (χ1n) is 4.40. The zero-order valence-corrected chi connectivity index (χ0v) is 7.39. The van der Waals surface area contributed by atoms with Crippen molar-refractivity contribution < 1.29 is 4.84 Å². The predicted octanol–water partition coefficient (Wildman–Crippen LogP) is 2.37. The predicted molar refractivity (Wildman–Crippen MR) is 45.9 cm³/mol. The van der Waals surface area contributed by atoms with Crippen molar-refractivity contribution in [1.82, 2.24) is 5.48 Å². The molecule has 0 saturated heterocycles. The molecule has 0 unspecified atom stereocenters. The Balaban J connectivity index is 2.19. The summed E-state index contributed by atoms with van der Waals surface area (Å²) in [5, 5.41) is 0. The van der Waals surface area contributed by atoms with E-state index in [0.29, 0.717) is 0 Å². The number of nitrogens with one attached hydrogen (secondary N) is 1. The third kappa shape index (κ3) is 3.42. The Morgan fingerprint density at radius 3 is 2.82 bits per heavy atom. The molecule has 0 heterocycles. The van der Waals surface area contributed by atoms with Crippen LogP contribution in [0.3, 0.4) is 0 Å². The van der Waals surface area contributed by atoms with Crippen molar-refractivity contribution in [3.63, 3.8) is 0 Å². The number of hydroxylamine groups is 1. The molecule has 1 rings (SSSR count). The molecule has 64 valence electrons. The molecule has 1 aliphatic carbocycles. The van der Waals surface area contributed by atoms with Crippen molar-refractivity contribution in [2.24, 2.45) is 0 Å². The van der Waals surface area contributed by atoms with Crippen molar-refractivity contribution >= 4 is 0 Å². The van der Waals surface area contributed by atoms with Crippen LogP contribution in [0.25, 0.3) is 0 Å². The summed E-state index contributed by atoms with van der Waals surface area (Å²) in [5.74, 6) is 0. The van der Waals surface area contributed by atoms with Crippen LogP contribution in [-0.4, -0.2) is 6.10 Å². The van der Waals surface area contributed by atoms with Gasteiger partial charge in [0.05, 0.1) is 6.10 Å². The van der Waals surface area contributed by atoms with E-state index in [2.05, 4.69) is 11.6 Å². The fraction of sp³-hybridized carbons (Fsp3) is 0.778. The molecule has 11 heavy (non-hydrogen) atoms. The third-order valence-corrected chi connectivity index (χ3v) is 1.72. The third-order valence-electron chi connectivity index (χ3n) is 1.72. The van der Waals surface area contributed by atoms with Gasteiger partial charge in [-0.05, 0) is 39.5 Å². The van der Waals surface area contributed by atoms with Gasteiger partial charge in [0.2, 0.25) is 0 Å². The Morgan fingerprint density at radius 1 is 1.45 bits per heavy atom. The Bertz CT molecular complexity index is 140. The van der Waals surface area contributed by atoms with E-state index in [-0.39, 0.29) is 6.10 Å². The standard InChI is InChI=1S/C9H17NO/c1-8(2)11-10-9-6-4-3-5-7-9/h6,8,10H,3-5,7H2,1-2H3. The van der Waals surface area contributed by atoms with Crippen LogP contribution in [0.15, 0.2) is 11.8 Å². The van der Waals surface area contributed by atoms with Crippen LogP contribution in [0.2, 0.25) is 0 Å². The fourth-order valence-corrected chi connectivity index (χ4v) is 1.12. The lowest BCUT2D eigenvalue weighted by Gasteiger charge is -2.16. The van der Waals surface area contributed by atoms with Gasteiger partial charge in [0, 0.05) is 5.70 Å². The van der Waals surface area contributed by atoms with Gasteiger partial charge in [-0.2, -0.15) is 0 Å². The van der Waals surface area contributed by atoms with E-state index < -0.39 is 0 Å². The summed E-state index contributed by atoms with van der Waals surface area (Å²) in [5.41, 5.74) is 4.24. The van der Waals surface area contributed by atoms with Crippen LogP contribution in [-0.2, 0) is 4.84 Å². The highest BCUT2D eigenvalue weighted by Crippen LogP contribution is 2.14. The van der Waals surface area contributed by atoms with E-state index in [9.17, 15) is 0 Å². The van der Waals surface area contributed by atoms with Crippen molar-refractivity contribution in [2.45, 2.75) is 45.6 Å². The molecule has 0 amide bonds. The molecule has 2 heteroatoms. The summed E-state index contributed by atoms with van der Waals surface area (Å²) in [6.07, 6.45) is 7.45. The number of hydrogen-bond acceptors (Lipinski definition) is 2. The molecule has 1 aliphatic rings. The number of hydrogen-bond donors (Lipinski definition) is 1. The smallest absolute Gasteiger partial charge is 0.0797 e. The molecule has 0 aromatic rings. The van der Waals surface area contributed by atoms with Gasteiger partial charge >= 0.3 is 0 Å². The van der Waals surface area contributed by atoms with Crippen molar-refractivity contribution in [3.8, 4) is 0 Å². The van der Waals surface area contributed by atoms with Gasteiger partial charge in [0.1, 0.15) is 0 Å². The summed E-state index contributed by atoms with van der Waals surface area (Å²) in [4.78, 5) is 5.26. The summed E-state index contributed by atoms with van der Waals surface area (Å²) >= 11 is 0. The van der Waals surface area contributed by atoms with Gasteiger partial charge in [0.15, 0.2) is 0 Å². The number of allylic oxidation sites excluding steroid dienone is 2. The molecule has 0 aromatic carbocycles. The second-order valence-electron chi connectivity index (χ2n) is 3.24.